The summed E-state index contributed by atoms with van der Waals surface area (Å²) < 4.78 is 29.0. The minimum Gasteiger partial charge on any atom is -0.335 e. The molecule has 0 aromatic carbocycles. The Morgan fingerprint density at radius 2 is 1.77 bits per heavy atom. The van der Waals surface area contributed by atoms with Gasteiger partial charge in [-0.2, -0.15) is 9.49 Å². The number of hydrogen-bond donors (Lipinski definition) is 2. The smallest absolute Gasteiger partial charge is 0.184 e. The third-order valence-corrected chi connectivity index (χ3v) is 5.77. The molecule has 6 rings (SSSR count). The molecule has 6 aromatic heterocycles. The molecule has 0 amide bonds. The lowest BCUT2D eigenvalue weighted by Crippen LogP contribution is -1.91. The molecule has 0 aliphatic heterocycles. The van der Waals surface area contributed by atoms with Crippen LogP contribution >= 0.6 is 11.3 Å². The van der Waals surface area contributed by atoms with Crippen LogP contribution in [0.2, 0.25) is 0 Å². The van der Waals surface area contributed by atoms with Crippen molar-refractivity contribution >= 4 is 33.5 Å². The van der Waals surface area contributed by atoms with Crippen molar-refractivity contribution < 1.29 is 8.78 Å². The molecule has 6 aromatic rings. The molecule has 0 unspecified atom stereocenters. The van der Waals surface area contributed by atoms with E-state index in [9.17, 15) is 4.39 Å². The number of rotatable bonds is 3. The van der Waals surface area contributed by atoms with Gasteiger partial charge in [0.2, 0.25) is 0 Å². The third kappa shape index (κ3) is 2.78. The van der Waals surface area contributed by atoms with Crippen LogP contribution in [0.4, 0.5) is 8.78 Å². The molecule has 0 saturated heterocycles. The van der Waals surface area contributed by atoms with Crippen molar-refractivity contribution in [3.05, 3.63) is 60.3 Å². The molecule has 0 saturated carbocycles. The van der Waals surface area contributed by atoms with Gasteiger partial charge in [-0.15, -0.1) is 11.3 Å². The van der Waals surface area contributed by atoms with E-state index in [4.69, 9.17) is 0 Å². The highest BCUT2D eigenvalue weighted by Crippen LogP contribution is 2.35. The molecule has 8 nitrogen and oxygen atoms in total. The highest BCUT2D eigenvalue weighted by atomic mass is 32.1. The Morgan fingerprint density at radius 3 is 2.58 bits per heavy atom. The van der Waals surface area contributed by atoms with Gasteiger partial charge in [-0.05, 0) is 18.2 Å². The fraction of sp³-hybridized carbons (Fsp3) is 0. The quantitative estimate of drug-likeness (QED) is 0.430. The van der Waals surface area contributed by atoms with Gasteiger partial charge in [0.05, 0.1) is 10.9 Å². The average Bonchev–Trinajstić information content (AvgIpc) is 3.52. The van der Waals surface area contributed by atoms with E-state index < -0.39 is 5.82 Å². The molecule has 150 valence electrons. The Balaban J connectivity index is 1.56. The van der Waals surface area contributed by atoms with Gasteiger partial charge in [0.1, 0.15) is 17.8 Å². The minimum atomic E-state index is -0.516. The Hall–Kier alpha value is -4.12. The predicted molar refractivity (Wildman–Crippen MR) is 111 cm³/mol. The monoisotopic (exact) mass is 432 g/mol. The van der Waals surface area contributed by atoms with Crippen molar-refractivity contribution in [2.45, 2.75) is 0 Å². The first-order chi connectivity index (χ1) is 15.2. The predicted octanol–water partition coefficient (Wildman–Crippen LogP) is 4.36. The van der Waals surface area contributed by atoms with Crippen LogP contribution in [0, 0.1) is 10.9 Å². The molecule has 11 heteroatoms. The lowest BCUT2D eigenvalue weighted by Gasteiger charge is -2.03. The van der Waals surface area contributed by atoms with Gasteiger partial charge < -0.3 is 4.98 Å². The molecular formula is C20H10F2N8S. The highest BCUT2D eigenvalue weighted by molar-refractivity contribution is 7.14. The molecule has 2 N–H and O–H groups in total. The zero-order chi connectivity index (χ0) is 20.9. The summed E-state index contributed by atoms with van der Waals surface area (Å²) in [5, 5.41) is 6.82. The normalized spacial score (nSPS) is 11.5. The van der Waals surface area contributed by atoms with E-state index in [2.05, 4.69) is 40.1 Å². The molecular weight excluding hydrogens is 422 g/mol. The number of aromatic amines is 2. The van der Waals surface area contributed by atoms with E-state index in [-0.39, 0.29) is 21.7 Å². The molecule has 31 heavy (non-hydrogen) atoms. The Labute approximate surface area is 176 Å². The second kappa shape index (κ2) is 6.71. The van der Waals surface area contributed by atoms with Crippen LogP contribution in [-0.2, 0) is 0 Å². The number of fused-ring (bicyclic) bond motifs is 2. The largest absolute Gasteiger partial charge is 0.335 e. The van der Waals surface area contributed by atoms with Crippen molar-refractivity contribution in [1.29, 1.82) is 0 Å². The zero-order valence-corrected chi connectivity index (χ0v) is 16.3. The summed E-state index contributed by atoms with van der Waals surface area (Å²) in [6.45, 7) is 0. The lowest BCUT2D eigenvalue weighted by molar-refractivity contribution is 0.642. The van der Waals surface area contributed by atoms with Crippen LogP contribution in [-0.4, -0.2) is 40.1 Å². The molecule has 0 aliphatic carbocycles. The number of hydrogen-bond acceptors (Lipinski definition) is 7. The van der Waals surface area contributed by atoms with Crippen molar-refractivity contribution in [3.63, 3.8) is 0 Å². The summed E-state index contributed by atoms with van der Waals surface area (Å²) in [5.74, 6) is -0.172. The molecule has 6 heterocycles. The standard InChI is InChI=1S/C20H10F2N8S/c21-13-2-1-12(31-13)10-3-4-25-19-16(10)27-20(28-19)17-14-15(22)11(7-26-18(14)30-29-17)9-5-23-8-24-6-9/h1-8H,(H,25,27,28)(H,26,29,30). The summed E-state index contributed by atoms with van der Waals surface area (Å²) in [6, 6.07) is 4.87. The molecule has 0 atom stereocenters. The Morgan fingerprint density at radius 1 is 0.903 bits per heavy atom. The van der Waals surface area contributed by atoms with E-state index >= 15 is 4.39 Å². The fourth-order valence-corrected chi connectivity index (χ4v) is 4.22. The fourth-order valence-electron chi connectivity index (χ4n) is 3.46. The van der Waals surface area contributed by atoms with E-state index in [1.54, 1.807) is 18.3 Å². The number of aromatic nitrogens is 8. The van der Waals surface area contributed by atoms with Crippen LogP contribution in [0.5, 0.6) is 0 Å². The SMILES string of the molecule is Fc1ccc(-c2ccnc3nc(-c4[nH]nc5ncc(-c6cncnc6)c(F)c45)[nH]c23)s1. The first-order valence-corrected chi connectivity index (χ1v) is 9.89. The van der Waals surface area contributed by atoms with Crippen molar-refractivity contribution in [1.82, 2.24) is 40.1 Å². The number of imidazole rings is 1. The van der Waals surface area contributed by atoms with Crippen molar-refractivity contribution in [3.8, 4) is 33.1 Å². The average molecular weight is 432 g/mol. The second-order valence-corrected chi connectivity index (χ2v) is 7.69. The maximum atomic E-state index is 15.5. The summed E-state index contributed by atoms with van der Waals surface area (Å²) in [5.41, 5.74) is 3.08. The van der Waals surface area contributed by atoms with E-state index in [0.29, 0.717) is 28.2 Å². The summed E-state index contributed by atoms with van der Waals surface area (Å²) in [7, 11) is 0. The summed E-state index contributed by atoms with van der Waals surface area (Å²) in [4.78, 5) is 24.8. The molecule has 0 aliphatic rings. The van der Waals surface area contributed by atoms with Gasteiger partial charge in [0, 0.05) is 46.4 Å². The number of nitrogens with zero attached hydrogens (tertiary/aromatic N) is 6. The summed E-state index contributed by atoms with van der Waals surface area (Å²) >= 11 is 1.02. The molecule has 0 bridgehead atoms. The van der Waals surface area contributed by atoms with Crippen LogP contribution < -0.4 is 0 Å². The topological polar surface area (TPSA) is 109 Å². The van der Waals surface area contributed by atoms with Crippen molar-refractivity contribution in [2.24, 2.45) is 0 Å². The maximum Gasteiger partial charge on any atom is 0.184 e. The first-order valence-electron chi connectivity index (χ1n) is 9.08. The Bertz CT molecular complexity index is 1570. The Kier molecular flexibility index (Phi) is 3.83. The van der Waals surface area contributed by atoms with Gasteiger partial charge in [-0.25, -0.2) is 29.3 Å². The molecule has 0 radical (unpaired) electrons. The minimum absolute atomic E-state index is 0.184. The zero-order valence-electron chi connectivity index (χ0n) is 15.5. The van der Waals surface area contributed by atoms with E-state index in [1.165, 1.54) is 31.0 Å². The number of H-pyrrole nitrogens is 2. The highest BCUT2D eigenvalue weighted by Gasteiger charge is 2.21. The van der Waals surface area contributed by atoms with E-state index in [0.717, 1.165) is 21.8 Å². The molecule has 0 spiro atoms. The first kappa shape index (κ1) is 17.7. The van der Waals surface area contributed by atoms with Crippen LogP contribution in [0.15, 0.2) is 49.3 Å². The number of halogens is 2. The summed E-state index contributed by atoms with van der Waals surface area (Å²) in [6.07, 6.45) is 7.38. The van der Waals surface area contributed by atoms with Gasteiger partial charge in [-0.1, -0.05) is 0 Å². The number of nitrogens with one attached hydrogen (secondary N) is 2. The van der Waals surface area contributed by atoms with Gasteiger partial charge >= 0.3 is 0 Å². The molecule has 0 fully saturated rings. The number of pyridine rings is 2. The van der Waals surface area contributed by atoms with Crippen molar-refractivity contribution in [2.75, 3.05) is 0 Å². The van der Waals surface area contributed by atoms with Crippen LogP contribution in [0.25, 0.3) is 55.3 Å². The maximum absolute atomic E-state index is 15.5. The number of thiophene rings is 1. The van der Waals surface area contributed by atoms with Crippen LogP contribution in [0.1, 0.15) is 0 Å². The van der Waals surface area contributed by atoms with Gasteiger partial charge in [0.15, 0.2) is 22.2 Å². The van der Waals surface area contributed by atoms with Gasteiger partial charge in [0.25, 0.3) is 0 Å². The van der Waals surface area contributed by atoms with Gasteiger partial charge in [-0.3, -0.25) is 5.10 Å². The second-order valence-electron chi connectivity index (χ2n) is 6.66. The third-order valence-electron chi connectivity index (χ3n) is 4.86. The van der Waals surface area contributed by atoms with Crippen LogP contribution in [0.3, 0.4) is 0 Å². The van der Waals surface area contributed by atoms with E-state index in [1.807, 2.05) is 0 Å². The lowest BCUT2D eigenvalue weighted by atomic mass is 10.1.